The van der Waals surface area contributed by atoms with E-state index in [0.717, 1.165) is 0 Å². The zero-order chi connectivity index (χ0) is 9.73. The Hall–Kier alpha value is 0.270. The number of hydrogen-bond donors (Lipinski definition) is 1. The third-order valence-corrected chi connectivity index (χ3v) is 3.34. The van der Waals surface area contributed by atoms with Gasteiger partial charge < -0.3 is 10.2 Å². The predicted octanol–water partition coefficient (Wildman–Crippen LogP) is 1.42. The Morgan fingerprint density at radius 1 is 1.54 bits per heavy atom. The molecular formula is C10H22N2S. The van der Waals surface area contributed by atoms with Crippen LogP contribution < -0.4 is 5.32 Å². The van der Waals surface area contributed by atoms with Gasteiger partial charge >= 0.3 is 0 Å². The van der Waals surface area contributed by atoms with Crippen LogP contribution in [0.4, 0.5) is 0 Å². The smallest absolute Gasteiger partial charge is 0.0280 e. The normalized spacial score (nSPS) is 28.6. The van der Waals surface area contributed by atoms with Crippen LogP contribution in [-0.2, 0) is 0 Å². The third-order valence-electron chi connectivity index (χ3n) is 2.75. The Balaban J connectivity index is 2.21. The highest BCUT2D eigenvalue weighted by atomic mass is 32.2. The monoisotopic (exact) mass is 202 g/mol. The number of thioether (sulfide) groups is 1. The highest BCUT2D eigenvalue weighted by Crippen LogP contribution is 2.19. The number of likely N-dealkylation sites (N-methyl/N-ethyl adjacent to an activating group) is 1. The van der Waals surface area contributed by atoms with Crippen LogP contribution in [0, 0.1) is 0 Å². The molecule has 0 bridgehead atoms. The van der Waals surface area contributed by atoms with Gasteiger partial charge in [0.05, 0.1) is 0 Å². The zero-order valence-electron chi connectivity index (χ0n) is 9.10. The molecule has 1 fully saturated rings. The van der Waals surface area contributed by atoms with Crippen LogP contribution in [0.5, 0.6) is 0 Å². The second-order valence-corrected chi connectivity index (χ2v) is 5.31. The number of nitrogens with one attached hydrogen (secondary N) is 1. The van der Waals surface area contributed by atoms with E-state index in [1.807, 2.05) is 11.8 Å². The van der Waals surface area contributed by atoms with Crippen molar-refractivity contribution in [2.24, 2.45) is 0 Å². The molecule has 1 saturated heterocycles. The number of rotatable bonds is 5. The van der Waals surface area contributed by atoms with Gasteiger partial charge in [-0.3, -0.25) is 0 Å². The quantitative estimate of drug-likeness (QED) is 0.726. The van der Waals surface area contributed by atoms with Gasteiger partial charge in [0, 0.05) is 24.4 Å². The standard InChI is InChI=1S/C10H22N2S/c1-10(5-4-6-11-10)9-12(2)7-8-13-3/h11H,4-9H2,1-3H3. The molecule has 1 atom stereocenters. The Morgan fingerprint density at radius 3 is 2.85 bits per heavy atom. The summed E-state index contributed by atoms with van der Waals surface area (Å²) in [7, 11) is 2.22. The van der Waals surface area contributed by atoms with E-state index >= 15 is 0 Å². The summed E-state index contributed by atoms with van der Waals surface area (Å²) in [5, 5.41) is 3.59. The van der Waals surface area contributed by atoms with Crippen LogP contribution in [-0.4, -0.2) is 49.1 Å². The van der Waals surface area contributed by atoms with E-state index in [9.17, 15) is 0 Å². The molecule has 0 aromatic carbocycles. The van der Waals surface area contributed by atoms with Gasteiger partial charge in [0.2, 0.25) is 0 Å². The lowest BCUT2D eigenvalue weighted by Crippen LogP contribution is -2.46. The maximum absolute atomic E-state index is 3.59. The molecule has 0 aromatic rings. The Bertz CT molecular complexity index is 144. The molecule has 0 aliphatic carbocycles. The molecule has 78 valence electrons. The van der Waals surface area contributed by atoms with Crippen molar-refractivity contribution in [2.75, 3.05) is 38.7 Å². The van der Waals surface area contributed by atoms with Crippen molar-refractivity contribution in [3.05, 3.63) is 0 Å². The first-order valence-electron chi connectivity index (χ1n) is 5.09. The van der Waals surface area contributed by atoms with Crippen molar-refractivity contribution in [3.8, 4) is 0 Å². The second kappa shape index (κ2) is 5.23. The highest BCUT2D eigenvalue weighted by Gasteiger charge is 2.28. The summed E-state index contributed by atoms with van der Waals surface area (Å²) in [6, 6.07) is 0. The number of hydrogen-bond acceptors (Lipinski definition) is 3. The van der Waals surface area contributed by atoms with Gasteiger partial charge in [0.1, 0.15) is 0 Å². The maximum Gasteiger partial charge on any atom is 0.0280 e. The molecular weight excluding hydrogens is 180 g/mol. The molecule has 3 heteroatoms. The Morgan fingerprint density at radius 2 is 2.31 bits per heavy atom. The molecule has 0 saturated carbocycles. The molecule has 1 unspecified atom stereocenters. The van der Waals surface area contributed by atoms with Crippen LogP contribution in [0.25, 0.3) is 0 Å². The van der Waals surface area contributed by atoms with Gasteiger partial charge in [-0.2, -0.15) is 11.8 Å². The van der Waals surface area contributed by atoms with E-state index in [1.165, 1.54) is 38.2 Å². The average molecular weight is 202 g/mol. The van der Waals surface area contributed by atoms with Gasteiger partial charge in [-0.1, -0.05) is 0 Å². The first-order valence-corrected chi connectivity index (χ1v) is 6.48. The van der Waals surface area contributed by atoms with Gasteiger partial charge in [0.15, 0.2) is 0 Å². The summed E-state index contributed by atoms with van der Waals surface area (Å²) in [4.78, 5) is 2.44. The first kappa shape index (κ1) is 11.3. The summed E-state index contributed by atoms with van der Waals surface area (Å²) < 4.78 is 0. The molecule has 1 aliphatic rings. The van der Waals surface area contributed by atoms with Gasteiger partial charge in [0.25, 0.3) is 0 Å². The average Bonchev–Trinajstić information content (AvgIpc) is 2.48. The molecule has 1 aliphatic heterocycles. The van der Waals surface area contributed by atoms with E-state index in [-0.39, 0.29) is 0 Å². The predicted molar refractivity (Wildman–Crippen MR) is 61.5 cm³/mol. The maximum atomic E-state index is 3.59. The summed E-state index contributed by atoms with van der Waals surface area (Å²) in [5.74, 6) is 1.24. The van der Waals surface area contributed by atoms with Crippen molar-refractivity contribution in [2.45, 2.75) is 25.3 Å². The largest absolute Gasteiger partial charge is 0.310 e. The fourth-order valence-corrected chi connectivity index (χ4v) is 2.51. The number of nitrogens with zero attached hydrogens (tertiary/aromatic N) is 1. The van der Waals surface area contributed by atoms with E-state index in [0.29, 0.717) is 5.54 Å². The summed E-state index contributed by atoms with van der Waals surface area (Å²) in [5.41, 5.74) is 0.382. The topological polar surface area (TPSA) is 15.3 Å². The van der Waals surface area contributed by atoms with E-state index in [1.54, 1.807) is 0 Å². The fourth-order valence-electron chi connectivity index (χ4n) is 2.01. The lowest BCUT2D eigenvalue weighted by atomic mass is 10.00. The minimum absolute atomic E-state index is 0.382. The molecule has 0 radical (unpaired) electrons. The third kappa shape index (κ3) is 3.88. The van der Waals surface area contributed by atoms with Crippen molar-refractivity contribution >= 4 is 11.8 Å². The lowest BCUT2D eigenvalue weighted by Gasteiger charge is -2.30. The minimum atomic E-state index is 0.382. The minimum Gasteiger partial charge on any atom is -0.310 e. The highest BCUT2D eigenvalue weighted by molar-refractivity contribution is 7.98. The molecule has 0 spiro atoms. The van der Waals surface area contributed by atoms with E-state index in [2.05, 4.69) is 30.4 Å². The molecule has 1 heterocycles. The summed E-state index contributed by atoms with van der Waals surface area (Å²) >= 11 is 1.92. The van der Waals surface area contributed by atoms with E-state index in [4.69, 9.17) is 0 Å². The van der Waals surface area contributed by atoms with Crippen LogP contribution in [0.15, 0.2) is 0 Å². The van der Waals surface area contributed by atoms with Crippen LogP contribution in [0.2, 0.25) is 0 Å². The zero-order valence-corrected chi connectivity index (χ0v) is 9.91. The summed E-state index contributed by atoms with van der Waals surface area (Å²) in [6.07, 6.45) is 4.84. The molecule has 0 aromatic heterocycles. The molecule has 0 amide bonds. The van der Waals surface area contributed by atoms with Crippen LogP contribution >= 0.6 is 11.8 Å². The second-order valence-electron chi connectivity index (χ2n) is 4.32. The van der Waals surface area contributed by atoms with Crippen molar-refractivity contribution in [1.29, 1.82) is 0 Å². The van der Waals surface area contributed by atoms with Crippen molar-refractivity contribution in [3.63, 3.8) is 0 Å². The van der Waals surface area contributed by atoms with Gasteiger partial charge in [-0.15, -0.1) is 0 Å². The van der Waals surface area contributed by atoms with Crippen molar-refractivity contribution in [1.82, 2.24) is 10.2 Å². The molecule has 13 heavy (non-hydrogen) atoms. The van der Waals surface area contributed by atoms with Gasteiger partial charge in [-0.25, -0.2) is 0 Å². The van der Waals surface area contributed by atoms with Crippen LogP contribution in [0.1, 0.15) is 19.8 Å². The fraction of sp³-hybridized carbons (Fsp3) is 1.00. The van der Waals surface area contributed by atoms with Crippen molar-refractivity contribution < 1.29 is 0 Å². The molecule has 1 rings (SSSR count). The Kier molecular flexibility index (Phi) is 4.56. The van der Waals surface area contributed by atoms with Crippen LogP contribution in [0.3, 0.4) is 0 Å². The molecule has 1 N–H and O–H groups in total. The summed E-state index contributed by atoms with van der Waals surface area (Å²) in [6.45, 7) is 5.94. The first-order chi connectivity index (χ1) is 6.16. The SMILES string of the molecule is CSCCN(C)CC1(C)CCCN1. The van der Waals surface area contributed by atoms with Gasteiger partial charge in [-0.05, 0) is 39.6 Å². The van der Waals surface area contributed by atoms with E-state index < -0.39 is 0 Å². The Labute approximate surface area is 86.5 Å². The lowest BCUT2D eigenvalue weighted by molar-refractivity contribution is 0.250. The molecule has 2 nitrogen and oxygen atoms in total.